The van der Waals surface area contributed by atoms with Crippen molar-refractivity contribution in [2.24, 2.45) is 16.3 Å². The van der Waals surface area contributed by atoms with Gasteiger partial charge < -0.3 is 20.0 Å². The fourth-order valence-electron chi connectivity index (χ4n) is 4.64. The van der Waals surface area contributed by atoms with Gasteiger partial charge in [0.25, 0.3) is 0 Å². The topological polar surface area (TPSA) is 51.2 Å². The predicted octanol–water partition coefficient (Wildman–Crippen LogP) is 2.26. The van der Waals surface area contributed by atoms with Crippen molar-refractivity contribution in [2.45, 2.75) is 52.9 Å². The molecule has 6 nitrogen and oxygen atoms in total. The SMILES string of the molecule is CCNC(=NCC1(C(=O)N(C)C)CCCC1)N1CCC(CN(CC)CC)C1. The predicted molar refractivity (Wildman–Crippen MR) is 113 cm³/mol. The molecule has 1 saturated heterocycles. The van der Waals surface area contributed by atoms with Gasteiger partial charge in [0.1, 0.15) is 0 Å². The van der Waals surface area contributed by atoms with Crippen molar-refractivity contribution in [1.82, 2.24) is 20.0 Å². The van der Waals surface area contributed by atoms with Crippen molar-refractivity contribution < 1.29 is 4.79 Å². The number of guanidine groups is 1. The minimum Gasteiger partial charge on any atom is -0.357 e. The van der Waals surface area contributed by atoms with Gasteiger partial charge in [-0.2, -0.15) is 0 Å². The molecule has 1 aliphatic carbocycles. The summed E-state index contributed by atoms with van der Waals surface area (Å²) in [7, 11) is 3.74. The maximum atomic E-state index is 12.8. The number of nitrogens with zero attached hydrogens (tertiary/aromatic N) is 4. The third-order valence-electron chi connectivity index (χ3n) is 6.28. The fraction of sp³-hybridized carbons (Fsp3) is 0.905. The summed E-state index contributed by atoms with van der Waals surface area (Å²) in [5.41, 5.74) is -0.287. The Morgan fingerprint density at radius 1 is 1.19 bits per heavy atom. The van der Waals surface area contributed by atoms with Crippen LogP contribution in [0.2, 0.25) is 0 Å². The van der Waals surface area contributed by atoms with Crippen LogP contribution in [0, 0.1) is 11.3 Å². The number of aliphatic imine (C=N–C) groups is 1. The van der Waals surface area contributed by atoms with Crippen molar-refractivity contribution >= 4 is 11.9 Å². The lowest BCUT2D eigenvalue weighted by atomic mass is 9.85. The third-order valence-corrected chi connectivity index (χ3v) is 6.28. The molecule has 2 fully saturated rings. The van der Waals surface area contributed by atoms with Crippen LogP contribution >= 0.6 is 0 Å². The smallest absolute Gasteiger partial charge is 0.230 e. The van der Waals surface area contributed by atoms with E-state index < -0.39 is 0 Å². The molecule has 1 aliphatic heterocycles. The lowest BCUT2D eigenvalue weighted by Gasteiger charge is -2.30. The molecule has 0 aromatic heterocycles. The molecule has 2 rings (SSSR count). The highest BCUT2D eigenvalue weighted by Crippen LogP contribution is 2.39. The Hall–Kier alpha value is -1.30. The highest BCUT2D eigenvalue weighted by molar-refractivity contribution is 5.84. The second-order valence-corrected chi connectivity index (χ2v) is 8.44. The Balaban J connectivity index is 2.04. The zero-order chi connectivity index (χ0) is 19.9. The normalized spacial score (nSPS) is 22.5. The maximum Gasteiger partial charge on any atom is 0.230 e. The summed E-state index contributed by atoms with van der Waals surface area (Å²) in [6.45, 7) is 13.6. The van der Waals surface area contributed by atoms with Gasteiger partial charge in [0.05, 0.1) is 12.0 Å². The van der Waals surface area contributed by atoms with Crippen LogP contribution in [0.3, 0.4) is 0 Å². The van der Waals surface area contributed by atoms with Gasteiger partial charge in [0.15, 0.2) is 5.96 Å². The quantitative estimate of drug-likeness (QED) is 0.519. The molecule has 1 N–H and O–H groups in total. The zero-order valence-electron chi connectivity index (χ0n) is 18.3. The first-order valence-electron chi connectivity index (χ1n) is 10.9. The van der Waals surface area contributed by atoms with Gasteiger partial charge in [-0.15, -0.1) is 0 Å². The van der Waals surface area contributed by atoms with Gasteiger partial charge in [0, 0.05) is 40.3 Å². The van der Waals surface area contributed by atoms with Gasteiger partial charge in [-0.3, -0.25) is 9.79 Å². The number of hydrogen-bond donors (Lipinski definition) is 1. The minimum absolute atomic E-state index is 0.250. The fourth-order valence-corrected chi connectivity index (χ4v) is 4.64. The third kappa shape index (κ3) is 5.59. The Morgan fingerprint density at radius 2 is 1.85 bits per heavy atom. The highest BCUT2D eigenvalue weighted by atomic mass is 16.2. The van der Waals surface area contributed by atoms with E-state index in [-0.39, 0.29) is 11.3 Å². The summed E-state index contributed by atoms with van der Waals surface area (Å²) in [6, 6.07) is 0. The van der Waals surface area contributed by atoms with Gasteiger partial charge in [-0.1, -0.05) is 26.7 Å². The van der Waals surface area contributed by atoms with Crippen LogP contribution in [0.1, 0.15) is 52.9 Å². The molecule has 0 bridgehead atoms. The van der Waals surface area contributed by atoms with Crippen molar-refractivity contribution in [3.05, 3.63) is 0 Å². The van der Waals surface area contributed by atoms with E-state index in [0.717, 1.165) is 64.4 Å². The first-order chi connectivity index (χ1) is 13.0. The van der Waals surface area contributed by atoms with Gasteiger partial charge in [0.2, 0.25) is 5.91 Å². The van der Waals surface area contributed by atoms with E-state index in [0.29, 0.717) is 12.5 Å². The molecular formula is C21H41N5O. The molecule has 1 heterocycles. The largest absolute Gasteiger partial charge is 0.357 e. The number of hydrogen-bond acceptors (Lipinski definition) is 3. The molecule has 0 radical (unpaired) electrons. The van der Waals surface area contributed by atoms with Crippen molar-refractivity contribution in [1.29, 1.82) is 0 Å². The van der Waals surface area contributed by atoms with E-state index >= 15 is 0 Å². The first kappa shape index (κ1) is 22.0. The minimum atomic E-state index is -0.287. The van der Waals surface area contributed by atoms with E-state index in [1.54, 1.807) is 4.90 Å². The summed E-state index contributed by atoms with van der Waals surface area (Å²) in [5.74, 6) is 1.95. The molecule has 1 unspecified atom stereocenters. The monoisotopic (exact) mass is 379 g/mol. The second-order valence-electron chi connectivity index (χ2n) is 8.44. The number of carbonyl (C=O) groups excluding carboxylic acids is 1. The summed E-state index contributed by atoms with van der Waals surface area (Å²) in [6.07, 6.45) is 5.44. The van der Waals surface area contributed by atoms with Crippen LogP contribution in [-0.2, 0) is 4.79 Å². The second kappa shape index (κ2) is 10.3. The van der Waals surface area contributed by atoms with E-state index in [1.807, 2.05) is 14.1 Å². The average molecular weight is 380 g/mol. The van der Waals surface area contributed by atoms with E-state index in [9.17, 15) is 4.79 Å². The molecule has 27 heavy (non-hydrogen) atoms. The van der Waals surface area contributed by atoms with Crippen LogP contribution in [0.15, 0.2) is 4.99 Å². The molecular weight excluding hydrogens is 338 g/mol. The number of likely N-dealkylation sites (tertiary alicyclic amines) is 1. The zero-order valence-corrected chi connectivity index (χ0v) is 18.3. The summed E-state index contributed by atoms with van der Waals surface area (Å²) >= 11 is 0. The lowest BCUT2D eigenvalue weighted by molar-refractivity contribution is -0.138. The molecule has 1 amide bonds. The van der Waals surface area contributed by atoms with E-state index in [1.165, 1.54) is 13.0 Å². The molecule has 0 aromatic carbocycles. The lowest BCUT2D eigenvalue weighted by Crippen LogP contribution is -2.44. The number of carbonyl (C=O) groups is 1. The van der Waals surface area contributed by atoms with Crippen LogP contribution in [0.5, 0.6) is 0 Å². The standard InChI is InChI=1S/C21H41N5O/c1-6-22-20(26-14-11-18(16-26)15-25(7-2)8-3)23-17-21(12-9-10-13-21)19(27)24(4)5/h18H,6-17H2,1-5H3,(H,22,23). The van der Waals surface area contributed by atoms with Crippen LogP contribution in [0.4, 0.5) is 0 Å². The summed E-state index contributed by atoms with van der Waals surface area (Å²) in [5, 5.41) is 3.47. The van der Waals surface area contributed by atoms with E-state index in [4.69, 9.17) is 4.99 Å². The van der Waals surface area contributed by atoms with Crippen molar-refractivity contribution in [2.75, 3.05) is 59.9 Å². The van der Waals surface area contributed by atoms with Crippen LogP contribution in [-0.4, -0.2) is 86.5 Å². The maximum absolute atomic E-state index is 12.8. The van der Waals surface area contributed by atoms with Crippen molar-refractivity contribution in [3.63, 3.8) is 0 Å². The van der Waals surface area contributed by atoms with Crippen molar-refractivity contribution in [3.8, 4) is 0 Å². The van der Waals surface area contributed by atoms with Crippen LogP contribution < -0.4 is 5.32 Å². The molecule has 1 atom stereocenters. The highest BCUT2D eigenvalue weighted by Gasteiger charge is 2.42. The van der Waals surface area contributed by atoms with Gasteiger partial charge >= 0.3 is 0 Å². The molecule has 2 aliphatic rings. The Labute approximate surface area is 166 Å². The average Bonchev–Trinajstić information content (AvgIpc) is 3.32. The summed E-state index contributed by atoms with van der Waals surface area (Å²) in [4.78, 5) is 24.5. The number of nitrogens with one attached hydrogen (secondary N) is 1. The van der Waals surface area contributed by atoms with Gasteiger partial charge in [-0.05, 0) is 45.2 Å². The Morgan fingerprint density at radius 3 is 2.41 bits per heavy atom. The molecule has 0 spiro atoms. The molecule has 1 saturated carbocycles. The van der Waals surface area contributed by atoms with Crippen LogP contribution in [0.25, 0.3) is 0 Å². The molecule has 6 heteroatoms. The molecule has 156 valence electrons. The Kier molecular flexibility index (Phi) is 8.39. The Bertz CT molecular complexity index is 495. The molecule has 0 aromatic rings. The first-order valence-corrected chi connectivity index (χ1v) is 10.9. The number of amides is 1. The number of rotatable bonds is 8. The van der Waals surface area contributed by atoms with Gasteiger partial charge in [-0.25, -0.2) is 0 Å². The summed E-state index contributed by atoms with van der Waals surface area (Å²) < 4.78 is 0. The van der Waals surface area contributed by atoms with E-state index in [2.05, 4.69) is 35.9 Å².